The molecule has 1 heterocycles. The summed E-state index contributed by atoms with van der Waals surface area (Å²) in [6.45, 7) is 9.03. The van der Waals surface area contributed by atoms with E-state index in [0.717, 1.165) is 33.3 Å². The van der Waals surface area contributed by atoms with Gasteiger partial charge in [0, 0.05) is 12.1 Å². The number of rotatable bonds is 8. The average molecular weight is 486 g/mol. The first-order valence-electron chi connectivity index (χ1n) is 12.0. The van der Waals surface area contributed by atoms with Crippen molar-refractivity contribution in [1.82, 2.24) is 14.9 Å². The standard InChI is InChI=1S/C29H31N3O4/c1-6-36-26-12-9-22(15-27(26)35-5)16-30-28(33)23-10-7-21(8-11-23)17-32-25-14-19(3)18(2)13-24(25)31-20(4)29(32)34/h7-15H,6,16-17H2,1-5H3,(H,30,33). The Morgan fingerprint density at radius 1 is 0.944 bits per heavy atom. The Morgan fingerprint density at radius 3 is 2.33 bits per heavy atom. The summed E-state index contributed by atoms with van der Waals surface area (Å²) in [4.78, 5) is 30.1. The van der Waals surface area contributed by atoms with E-state index in [-0.39, 0.29) is 11.5 Å². The van der Waals surface area contributed by atoms with Crippen LogP contribution in [0.15, 0.2) is 59.4 Å². The van der Waals surface area contributed by atoms with Crippen molar-refractivity contribution < 1.29 is 14.3 Å². The lowest BCUT2D eigenvalue weighted by Gasteiger charge is -2.14. The van der Waals surface area contributed by atoms with E-state index in [0.29, 0.717) is 42.5 Å². The number of methoxy groups -OCH3 is 1. The van der Waals surface area contributed by atoms with Gasteiger partial charge in [0.15, 0.2) is 11.5 Å². The predicted molar refractivity (Wildman–Crippen MR) is 141 cm³/mol. The van der Waals surface area contributed by atoms with Crippen LogP contribution in [0.25, 0.3) is 11.0 Å². The number of aryl methyl sites for hydroxylation is 3. The lowest BCUT2D eigenvalue weighted by molar-refractivity contribution is 0.0951. The summed E-state index contributed by atoms with van der Waals surface area (Å²) in [5.41, 5.74) is 6.59. The molecule has 0 aliphatic rings. The summed E-state index contributed by atoms with van der Waals surface area (Å²) in [5.74, 6) is 1.13. The molecule has 0 fully saturated rings. The Hall–Kier alpha value is -4.13. The highest BCUT2D eigenvalue weighted by atomic mass is 16.5. The van der Waals surface area contributed by atoms with E-state index in [4.69, 9.17) is 9.47 Å². The molecule has 7 nitrogen and oxygen atoms in total. The molecule has 36 heavy (non-hydrogen) atoms. The normalized spacial score (nSPS) is 10.9. The number of aromatic nitrogens is 2. The molecular formula is C29H31N3O4. The Morgan fingerprint density at radius 2 is 1.64 bits per heavy atom. The Bertz CT molecular complexity index is 1470. The first-order chi connectivity index (χ1) is 17.3. The minimum atomic E-state index is -0.178. The van der Waals surface area contributed by atoms with Crippen molar-refractivity contribution in [3.8, 4) is 11.5 Å². The fraction of sp³-hybridized carbons (Fsp3) is 0.276. The van der Waals surface area contributed by atoms with Crippen LogP contribution in [-0.4, -0.2) is 29.2 Å². The van der Waals surface area contributed by atoms with Gasteiger partial charge >= 0.3 is 0 Å². The number of carbonyl (C=O) groups excluding carboxylic acids is 1. The fourth-order valence-electron chi connectivity index (χ4n) is 4.11. The number of ether oxygens (including phenoxy) is 2. The van der Waals surface area contributed by atoms with Crippen molar-refractivity contribution in [3.05, 3.63) is 98.5 Å². The maximum Gasteiger partial charge on any atom is 0.272 e. The van der Waals surface area contributed by atoms with Gasteiger partial charge in [0.2, 0.25) is 0 Å². The van der Waals surface area contributed by atoms with Gasteiger partial charge in [-0.2, -0.15) is 0 Å². The zero-order valence-corrected chi connectivity index (χ0v) is 21.3. The number of benzene rings is 3. The summed E-state index contributed by atoms with van der Waals surface area (Å²) < 4.78 is 12.7. The van der Waals surface area contributed by atoms with Crippen molar-refractivity contribution in [2.24, 2.45) is 0 Å². The molecule has 1 amide bonds. The number of hydrogen-bond acceptors (Lipinski definition) is 5. The van der Waals surface area contributed by atoms with Crippen LogP contribution in [0.3, 0.4) is 0 Å². The maximum atomic E-state index is 12.9. The number of nitrogens with zero attached hydrogens (tertiary/aromatic N) is 2. The van der Waals surface area contributed by atoms with E-state index < -0.39 is 0 Å². The first kappa shape index (κ1) is 25.0. The molecule has 0 saturated heterocycles. The molecule has 186 valence electrons. The lowest BCUT2D eigenvalue weighted by Crippen LogP contribution is -2.25. The lowest BCUT2D eigenvalue weighted by atomic mass is 10.1. The van der Waals surface area contributed by atoms with Gasteiger partial charge in [-0.05, 0) is 86.3 Å². The topological polar surface area (TPSA) is 82.5 Å². The second-order valence-electron chi connectivity index (χ2n) is 8.81. The van der Waals surface area contributed by atoms with Crippen LogP contribution < -0.4 is 20.3 Å². The van der Waals surface area contributed by atoms with E-state index in [1.165, 1.54) is 0 Å². The highest BCUT2D eigenvalue weighted by molar-refractivity contribution is 5.94. The molecule has 0 saturated carbocycles. The van der Waals surface area contributed by atoms with Crippen molar-refractivity contribution >= 4 is 16.9 Å². The third-order valence-corrected chi connectivity index (χ3v) is 6.26. The Labute approximate surface area is 210 Å². The second-order valence-corrected chi connectivity index (χ2v) is 8.81. The van der Waals surface area contributed by atoms with Crippen molar-refractivity contribution in [2.45, 2.75) is 40.8 Å². The van der Waals surface area contributed by atoms with Crippen molar-refractivity contribution in [3.63, 3.8) is 0 Å². The van der Waals surface area contributed by atoms with E-state index >= 15 is 0 Å². The minimum Gasteiger partial charge on any atom is -0.493 e. The molecule has 0 atom stereocenters. The van der Waals surface area contributed by atoms with Crippen molar-refractivity contribution in [2.75, 3.05) is 13.7 Å². The van der Waals surface area contributed by atoms with Crippen LogP contribution in [0.5, 0.6) is 11.5 Å². The van der Waals surface area contributed by atoms with Gasteiger partial charge in [-0.15, -0.1) is 0 Å². The number of carbonyl (C=O) groups is 1. The maximum absolute atomic E-state index is 12.9. The number of amides is 1. The van der Waals surface area contributed by atoms with Crippen LogP contribution in [0, 0.1) is 20.8 Å². The quantitative estimate of drug-likeness (QED) is 0.391. The molecule has 0 radical (unpaired) electrons. The molecule has 3 aromatic carbocycles. The second kappa shape index (κ2) is 10.6. The van der Waals surface area contributed by atoms with Crippen LogP contribution in [0.2, 0.25) is 0 Å². The average Bonchev–Trinajstić information content (AvgIpc) is 2.88. The molecule has 0 spiro atoms. The highest BCUT2D eigenvalue weighted by Gasteiger charge is 2.12. The zero-order valence-electron chi connectivity index (χ0n) is 21.3. The molecular weight excluding hydrogens is 454 g/mol. The largest absolute Gasteiger partial charge is 0.493 e. The molecule has 0 unspecified atom stereocenters. The predicted octanol–water partition coefficient (Wildman–Crippen LogP) is 4.71. The van der Waals surface area contributed by atoms with Gasteiger partial charge < -0.3 is 19.4 Å². The van der Waals surface area contributed by atoms with E-state index in [1.54, 1.807) is 30.7 Å². The van der Waals surface area contributed by atoms with Gasteiger partial charge in [-0.1, -0.05) is 18.2 Å². The summed E-state index contributed by atoms with van der Waals surface area (Å²) in [6, 6.07) is 16.9. The van der Waals surface area contributed by atoms with Crippen molar-refractivity contribution in [1.29, 1.82) is 0 Å². The number of fused-ring (bicyclic) bond motifs is 1. The molecule has 1 N–H and O–H groups in total. The summed E-state index contributed by atoms with van der Waals surface area (Å²) in [5, 5.41) is 2.94. The zero-order chi connectivity index (χ0) is 25.8. The van der Waals surface area contributed by atoms with Gasteiger partial charge in [-0.3, -0.25) is 9.59 Å². The van der Waals surface area contributed by atoms with Gasteiger partial charge in [0.25, 0.3) is 11.5 Å². The molecule has 1 aromatic heterocycles. The Balaban J connectivity index is 1.49. The van der Waals surface area contributed by atoms with E-state index in [1.807, 2.05) is 63.2 Å². The molecule has 4 rings (SSSR count). The van der Waals surface area contributed by atoms with Gasteiger partial charge in [0.1, 0.15) is 5.69 Å². The smallest absolute Gasteiger partial charge is 0.272 e. The third-order valence-electron chi connectivity index (χ3n) is 6.26. The van der Waals surface area contributed by atoms with Gasteiger partial charge in [-0.25, -0.2) is 4.98 Å². The highest BCUT2D eigenvalue weighted by Crippen LogP contribution is 2.28. The van der Waals surface area contributed by atoms with E-state index in [2.05, 4.69) is 10.3 Å². The SMILES string of the molecule is CCOc1ccc(CNC(=O)c2ccc(Cn3c(=O)c(C)nc4cc(C)c(C)cc43)cc2)cc1OC. The summed E-state index contributed by atoms with van der Waals surface area (Å²) in [6.07, 6.45) is 0. The van der Waals surface area contributed by atoms with Crippen LogP contribution in [-0.2, 0) is 13.1 Å². The molecule has 0 aliphatic carbocycles. The Kier molecular flexibility index (Phi) is 7.38. The first-order valence-corrected chi connectivity index (χ1v) is 12.0. The summed E-state index contributed by atoms with van der Waals surface area (Å²) >= 11 is 0. The van der Waals surface area contributed by atoms with Crippen LogP contribution in [0.1, 0.15) is 45.2 Å². The monoisotopic (exact) mass is 485 g/mol. The number of nitrogens with one attached hydrogen (secondary N) is 1. The minimum absolute atomic E-state index is 0.113. The van der Waals surface area contributed by atoms with Gasteiger partial charge in [0.05, 0.1) is 31.3 Å². The molecule has 0 aliphatic heterocycles. The third kappa shape index (κ3) is 5.25. The molecule has 4 aromatic rings. The fourth-order valence-corrected chi connectivity index (χ4v) is 4.11. The molecule has 0 bridgehead atoms. The number of hydrogen-bond donors (Lipinski definition) is 1. The van der Waals surface area contributed by atoms with Crippen LogP contribution in [0.4, 0.5) is 0 Å². The van der Waals surface area contributed by atoms with Crippen LogP contribution >= 0.6 is 0 Å². The van der Waals surface area contributed by atoms with E-state index in [9.17, 15) is 9.59 Å². The molecule has 7 heteroatoms. The summed E-state index contributed by atoms with van der Waals surface area (Å²) in [7, 11) is 1.59.